The van der Waals surface area contributed by atoms with Gasteiger partial charge in [-0.25, -0.2) is 0 Å². The molecular formula is C79H80BN3S2. The summed E-state index contributed by atoms with van der Waals surface area (Å²) in [4.78, 5) is 8.25. The highest BCUT2D eigenvalue weighted by molar-refractivity contribution is 7.27. The third kappa shape index (κ3) is 8.09. The number of thiophene rings is 2. The summed E-state index contributed by atoms with van der Waals surface area (Å²) in [7, 11) is 0. The molecule has 2 aromatic heterocycles. The van der Waals surface area contributed by atoms with Crippen LogP contribution in [-0.4, -0.2) is 12.3 Å². The third-order valence-electron chi connectivity index (χ3n) is 20.7. The third-order valence-corrected chi connectivity index (χ3v) is 23.1. The molecule has 0 N–H and O–H groups in total. The van der Waals surface area contributed by atoms with Crippen molar-refractivity contribution in [3.63, 3.8) is 0 Å². The molecule has 11 aromatic rings. The summed E-state index contributed by atoms with van der Waals surface area (Å²) in [5.41, 5.74) is 24.8. The highest BCUT2D eigenvalue weighted by atomic mass is 32.1. The molecule has 2 unspecified atom stereocenters. The maximum absolute atomic E-state index is 2.81. The number of nitrogens with zero attached hydrogens (tertiary/aromatic N) is 3. The average molecular weight is 1150 g/mol. The van der Waals surface area contributed by atoms with E-state index in [0.717, 1.165) is 6.42 Å². The van der Waals surface area contributed by atoms with Crippen molar-refractivity contribution in [2.75, 3.05) is 14.7 Å². The first-order valence-corrected chi connectivity index (χ1v) is 32.9. The van der Waals surface area contributed by atoms with Crippen LogP contribution in [0.15, 0.2) is 164 Å². The van der Waals surface area contributed by atoms with Crippen LogP contribution >= 0.6 is 22.7 Å². The Hall–Kier alpha value is -7.12. The number of anilines is 8. The Morgan fingerprint density at radius 1 is 0.435 bits per heavy atom. The monoisotopic (exact) mass is 1150 g/mol. The minimum absolute atomic E-state index is 0.0134. The van der Waals surface area contributed by atoms with Gasteiger partial charge in [0.15, 0.2) is 0 Å². The van der Waals surface area contributed by atoms with Crippen LogP contribution in [-0.2, 0) is 27.1 Å². The summed E-state index contributed by atoms with van der Waals surface area (Å²) < 4.78 is 5.32. The van der Waals surface area contributed by atoms with E-state index >= 15 is 0 Å². The van der Waals surface area contributed by atoms with Crippen molar-refractivity contribution in [2.24, 2.45) is 0 Å². The fraction of sp³-hybridized carbons (Fsp3) is 0.316. The summed E-state index contributed by atoms with van der Waals surface area (Å²) in [6.07, 6.45) is 4.79. The second-order valence-corrected chi connectivity index (χ2v) is 32.3. The van der Waals surface area contributed by atoms with E-state index < -0.39 is 0 Å². The number of hydrogen-bond donors (Lipinski definition) is 0. The number of rotatable bonds is 4. The van der Waals surface area contributed by atoms with Gasteiger partial charge in [-0.05, 0) is 176 Å². The van der Waals surface area contributed by atoms with Crippen LogP contribution in [0.25, 0.3) is 51.5 Å². The molecule has 3 aliphatic heterocycles. The Bertz CT molecular complexity index is 4610. The molecule has 0 spiro atoms. The first-order chi connectivity index (χ1) is 40.3. The molecule has 0 amide bonds. The second kappa shape index (κ2) is 18.5. The predicted molar refractivity (Wildman–Crippen MR) is 374 cm³/mol. The van der Waals surface area contributed by atoms with Crippen LogP contribution in [0, 0.1) is 6.92 Å². The molecule has 15 rings (SSSR count). The predicted octanol–water partition coefficient (Wildman–Crippen LogP) is 21.4. The maximum Gasteiger partial charge on any atom is 0.252 e. The van der Waals surface area contributed by atoms with Crippen molar-refractivity contribution < 1.29 is 0 Å². The lowest BCUT2D eigenvalue weighted by Gasteiger charge is -2.50. The molecule has 6 heteroatoms. The van der Waals surface area contributed by atoms with E-state index in [1.54, 1.807) is 0 Å². The molecule has 1 aliphatic carbocycles. The number of fused-ring (bicyclic) bond motifs is 14. The van der Waals surface area contributed by atoms with E-state index in [1.807, 2.05) is 22.7 Å². The SMILES string of the molecule is Cc1cc2c3c(c1)N(c1cccc4c1sc1ccc(C(C)(C)C)cc14)c1c(ccc4c1sc1ccc(C(C)(C)C)cc14)B3c1ccc(N3c4ccc(C(C)(C)C)cc4C4(C)CCCCC34C)cc1N2c1ccc(C(C)(C)C)cc1-c1ccccc1. The number of aryl methyl sites for hydroxylation is 1. The molecule has 3 nitrogen and oxygen atoms in total. The van der Waals surface area contributed by atoms with Gasteiger partial charge in [0.2, 0.25) is 0 Å². The highest BCUT2D eigenvalue weighted by Crippen LogP contribution is 2.62. The molecule has 4 aliphatic rings. The molecule has 0 saturated heterocycles. The summed E-state index contributed by atoms with van der Waals surface area (Å²) in [6.45, 7) is 35.7. The zero-order valence-electron chi connectivity index (χ0n) is 52.7. The summed E-state index contributed by atoms with van der Waals surface area (Å²) in [6, 6.07) is 65.5. The minimum atomic E-state index is -0.122. The van der Waals surface area contributed by atoms with Gasteiger partial charge < -0.3 is 14.7 Å². The van der Waals surface area contributed by atoms with Crippen LogP contribution < -0.4 is 31.1 Å². The van der Waals surface area contributed by atoms with Crippen molar-refractivity contribution in [1.82, 2.24) is 0 Å². The van der Waals surface area contributed by atoms with E-state index in [9.17, 15) is 0 Å². The maximum atomic E-state index is 2.81. The molecule has 2 atom stereocenters. The topological polar surface area (TPSA) is 9.72 Å². The molecule has 0 radical (unpaired) electrons. The lowest BCUT2D eigenvalue weighted by atomic mass is 9.33. The largest absolute Gasteiger partial charge is 0.334 e. The quantitative estimate of drug-likeness (QED) is 0.163. The van der Waals surface area contributed by atoms with Crippen LogP contribution in [0.2, 0.25) is 0 Å². The fourth-order valence-electron chi connectivity index (χ4n) is 15.6. The second-order valence-electron chi connectivity index (χ2n) is 30.2. The number of hydrogen-bond acceptors (Lipinski definition) is 5. The molecule has 1 saturated carbocycles. The Morgan fingerprint density at radius 2 is 1.00 bits per heavy atom. The molecule has 85 heavy (non-hydrogen) atoms. The van der Waals surface area contributed by atoms with E-state index in [0.29, 0.717) is 0 Å². The van der Waals surface area contributed by atoms with Gasteiger partial charge in [0.1, 0.15) is 0 Å². The van der Waals surface area contributed by atoms with E-state index in [2.05, 4.69) is 282 Å². The van der Waals surface area contributed by atoms with Crippen molar-refractivity contribution in [3.05, 3.63) is 197 Å². The lowest BCUT2D eigenvalue weighted by Crippen LogP contribution is -2.61. The summed E-state index contributed by atoms with van der Waals surface area (Å²) >= 11 is 3.92. The van der Waals surface area contributed by atoms with Gasteiger partial charge in [-0.15, -0.1) is 22.7 Å². The van der Waals surface area contributed by atoms with Gasteiger partial charge in [0.25, 0.3) is 6.71 Å². The molecule has 9 aromatic carbocycles. The first kappa shape index (κ1) is 54.5. The molecule has 5 heterocycles. The fourth-order valence-corrected chi connectivity index (χ4v) is 18.0. The van der Waals surface area contributed by atoms with Gasteiger partial charge in [0, 0.05) is 70.4 Å². The molecule has 426 valence electrons. The van der Waals surface area contributed by atoms with Gasteiger partial charge in [0.05, 0.1) is 32.0 Å². The van der Waals surface area contributed by atoms with Gasteiger partial charge in [-0.3, -0.25) is 0 Å². The highest BCUT2D eigenvalue weighted by Gasteiger charge is 2.58. The lowest BCUT2D eigenvalue weighted by molar-refractivity contribution is 0.195. The molecule has 1 fully saturated rings. The Labute approximate surface area is 513 Å². The Morgan fingerprint density at radius 3 is 1.66 bits per heavy atom. The first-order valence-electron chi connectivity index (χ1n) is 31.3. The molecule has 0 bridgehead atoms. The van der Waals surface area contributed by atoms with Crippen molar-refractivity contribution in [3.8, 4) is 11.1 Å². The molecular weight excluding hydrogens is 1070 g/mol. The summed E-state index contributed by atoms with van der Waals surface area (Å²) in [5, 5.41) is 5.33. The average Bonchev–Trinajstić information content (AvgIpc) is 1.76. The van der Waals surface area contributed by atoms with Crippen LogP contribution in [0.5, 0.6) is 0 Å². The minimum Gasteiger partial charge on any atom is -0.334 e. The van der Waals surface area contributed by atoms with Gasteiger partial charge >= 0.3 is 0 Å². The smallest absolute Gasteiger partial charge is 0.252 e. The normalized spacial score (nSPS) is 18.6. The van der Waals surface area contributed by atoms with Gasteiger partial charge in [-0.1, -0.05) is 194 Å². The van der Waals surface area contributed by atoms with Crippen LogP contribution in [0.4, 0.5) is 45.5 Å². The van der Waals surface area contributed by atoms with Crippen molar-refractivity contribution >= 4 is 132 Å². The zero-order chi connectivity index (χ0) is 59.2. The number of benzene rings is 9. The van der Waals surface area contributed by atoms with Crippen molar-refractivity contribution in [1.29, 1.82) is 0 Å². The summed E-state index contributed by atoms with van der Waals surface area (Å²) in [5.74, 6) is 0. The van der Waals surface area contributed by atoms with Crippen molar-refractivity contribution in [2.45, 2.75) is 162 Å². The Balaban J connectivity index is 1.05. The van der Waals surface area contributed by atoms with Gasteiger partial charge in [-0.2, -0.15) is 0 Å². The van der Waals surface area contributed by atoms with E-state index in [-0.39, 0.29) is 39.3 Å². The van der Waals surface area contributed by atoms with Crippen LogP contribution in [0.1, 0.15) is 156 Å². The standard InChI is InChI=1S/C79H80BN3S2/c1-47-40-66-70-67(41-47)82(64-25-21-24-54-57-43-50(75(5,6)7)28-36-68(57)84-72(54)64)71-61(33-31-55-58-44-51(76(8,9)10)29-37-69(58)85-73(55)71)80(70)60-32-30-53(83-63-35-27-52(77(11,12)13)45-59(63)78(14)38-19-20-39-79(78,83)15)46-65(60)81(66)62-34-26-49(74(2,3)4)42-56(62)48-22-17-16-18-23-48/h16-18,21-37,40-46H,19-20,38-39H2,1-15H3. The zero-order valence-corrected chi connectivity index (χ0v) is 54.3. The Kier molecular flexibility index (Phi) is 11.8. The van der Waals surface area contributed by atoms with E-state index in [1.165, 1.54) is 166 Å². The van der Waals surface area contributed by atoms with E-state index in [4.69, 9.17) is 0 Å². The van der Waals surface area contributed by atoms with Crippen LogP contribution in [0.3, 0.4) is 0 Å².